The van der Waals surface area contributed by atoms with Crippen LogP contribution in [-0.4, -0.2) is 27.3 Å². The van der Waals surface area contributed by atoms with Crippen molar-refractivity contribution in [2.75, 3.05) is 18.1 Å². The second-order valence-corrected chi connectivity index (χ2v) is 5.97. The molecule has 2 aromatic rings. The Bertz CT molecular complexity index is 581. The molecule has 1 heterocycles. The number of hydrogen-bond acceptors (Lipinski definition) is 4. The first-order chi connectivity index (χ1) is 10.2. The third-order valence-corrected chi connectivity index (χ3v) is 4.19. The molecule has 6 heteroatoms. The van der Waals surface area contributed by atoms with E-state index in [0.717, 1.165) is 42.1 Å². The molecule has 0 saturated carbocycles. The number of thiocarbonyl (C=S) groups is 1. The van der Waals surface area contributed by atoms with Gasteiger partial charge in [-0.15, -0.1) is 11.8 Å². The van der Waals surface area contributed by atoms with E-state index < -0.39 is 0 Å². The number of aromatic nitrogens is 2. The summed E-state index contributed by atoms with van der Waals surface area (Å²) in [6, 6.07) is 6.11. The van der Waals surface area contributed by atoms with Gasteiger partial charge < -0.3 is 15.6 Å². The molecule has 1 aromatic carbocycles. The minimum Gasteiger partial charge on any atom is -0.389 e. The van der Waals surface area contributed by atoms with Gasteiger partial charge in [0.05, 0.1) is 6.33 Å². The lowest BCUT2D eigenvalue weighted by atomic mass is 10.1. The maximum atomic E-state index is 5.85. The lowest BCUT2D eigenvalue weighted by Crippen LogP contribution is -2.15. The molecule has 0 aliphatic rings. The molecule has 3 N–H and O–H groups in total. The van der Waals surface area contributed by atoms with E-state index in [1.807, 2.05) is 37.0 Å². The van der Waals surface area contributed by atoms with Crippen LogP contribution in [0.25, 0.3) is 0 Å². The average Bonchev–Trinajstić information content (AvgIpc) is 2.99. The van der Waals surface area contributed by atoms with Crippen LogP contribution in [0.4, 0.5) is 5.69 Å². The highest BCUT2D eigenvalue weighted by atomic mass is 32.2. The van der Waals surface area contributed by atoms with Gasteiger partial charge in [0.1, 0.15) is 4.99 Å². The van der Waals surface area contributed by atoms with Crippen molar-refractivity contribution in [3.63, 3.8) is 0 Å². The fourth-order valence-electron chi connectivity index (χ4n) is 2.16. The van der Waals surface area contributed by atoms with Crippen molar-refractivity contribution < 1.29 is 0 Å². The molecule has 0 spiro atoms. The van der Waals surface area contributed by atoms with E-state index in [2.05, 4.69) is 14.9 Å². The van der Waals surface area contributed by atoms with Crippen LogP contribution >= 0.6 is 24.0 Å². The van der Waals surface area contributed by atoms with Gasteiger partial charge >= 0.3 is 0 Å². The SMILES string of the molecule is CSc1cccc(NCCCCn2ccnc2)c1C(N)=S. The molecule has 2 rings (SSSR count). The number of benzene rings is 1. The molecule has 0 unspecified atom stereocenters. The second kappa shape index (κ2) is 8.05. The number of unbranched alkanes of at least 4 members (excludes halogenated alkanes) is 1. The number of imidazole rings is 1. The van der Waals surface area contributed by atoms with Crippen molar-refractivity contribution in [2.45, 2.75) is 24.3 Å². The zero-order valence-electron chi connectivity index (χ0n) is 12.1. The normalized spacial score (nSPS) is 10.5. The summed E-state index contributed by atoms with van der Waals surface area (Å²) in [5, 5.41) is 3.44. The minimum absolute atomic E-state index is 0.445. The van der Waals surface area contributed by atoms with E-state index in [0.29, 0.717) is 4.99 Å². The number of aryl methyl sites for hydroxylation is 1. The Morgan fingerprint density at radius 1 is 1.43 bits per heavy atom. The van der Waals surface area contributed by atoms with Crippen LogP contribution in [0.15, 0.2) is 41.8 Å². The van der Waals surface area contributed by atoms with Crippen LogP contribution in [0, 0.1) is 0 Å². The highest BCUT2D eigenvalue weighted by molar-refractivity contribution is 7.98. The van der Waals surface area contributed by atoms with Crippen molar-refractivity contribution in [1.29, 1.82) is 0 Å². The molecule has 4 nitrogen and oxygen atoms in total. The van der Waals surface area contributed by atoms with Gasteiger partial charge in [0.25, 0.3) is 0 Å². The summed E-state index contributed by atoms with van der Waals surface area (Å²) in [4.78, 5) is 5.60. The Kier molecular flexibility index (Phi) is 6.07. The Hall–Kier alpha value is -1.53. The molecule has 0 aliphatic heterocycles. The van der Waals surface area contributed by atoms with Gasteiger partial charge in [-0.05, 0) is 31.2 Å². The topological polar surface area (TPSA) is 55.9 Å². The standard InChI is InChI=1S/C15H20N4S2/c1-21-13-6-4-5-12(14(13)15(16)20)18-7-2-3-9-19-10-8-17-11-19/h4-6,8,10-11,18H,2-3,7,9H2,1H3,(H2,16,20). The Balaban J connectivity index is 1.86. The highest BCUT2D eigenvalue weighted by Crippen LogP contribution is 2.27. The molecule has 0 amide bonds. The molecule has 0 fully saturated rings. The molecule has 21 heavy (non-hydrogen) atoms. The molecule has 0 saturated heterocycles. The number of rotatable bonds is 8. The first-order valence-electron chi connectivity index (χ1n) is 6.89. The number of nitrogens with two attached hydrogens (primary N) is 1. The van der Waals surface area contributed by atoms with Crippen molar-refractivity contribution in [1.82, 2.24) is 9.55 Å². The summed E-state index contributed by atoms with van der Waals surface area (Å²) in [7, 11) is 0. The monoisotopic (exact) mass is 320 g/mol. The summed E-state index contributed by atoms with van der Waals surface area (Å²) >= 11 is 6.84. The van der Waals surface area contributed by atoms with Gasteiger partial charge in [-0.1, -0.05) is 18.3 Å². The number of thioether (sulfide) groups is 1. The highest BCUT2D eigenvalue weighted by Gasteiger charge is 2.09. The molecular weight excluding hydrogens is 300 g/mol. The van der Waals surface area contributed by atoms with Gasteiger partial charge in [-0.3, -0.25) is 0 Å². The van der Waals surface area contributed by atoms with E-state index in [1.54, 1.807) is 18.0 Å². The van der Waals surface area contributed by atoms with Crippen LogP contribution in [-0.2, 0) is 6.54 Å². The second-order valence-electron chi connectivity index (χ2n) is 4.68. The molecule has 0 radical (unpaired) electrons. The molecule has 0 atom stereocenters. The van der Waals surface area contributed by atoms with Crippen LogP contribution < -0.4 is 11.1 Å². The molecular formula is C15H20N4S2. The van der Waals surface area contributed by atoms with Gasteiger partial charge in [0.15, 0.2) is 0 Å². The Labute approximate surface area is 135 Å². The smallest absolute Gasteiger partial charge is 0.107 e. The quantitative estimate of drug-likeness (QED) is 0.444. The van der Waals surface area contributed by atoms with Crippen LogP contribution in [0.3, 0.4) is 0 Å². The van der Waals surface area contributed by atoms with Crippen LogP contribution in [0.1, 0.15) is 18.4 Å². The molecule has 112 valence electrons. The van der Waals surface area contributed by atoms with E-state index >= 15 is 0 Å². The summed E-state index contributed by atoms with van der Waals surface area (Å²) in [5.74, 6) is 0. The number of anilines is 1. The lowest BCUT2D eigenvalue weighted by Gasteiger charge is -2.14. The largest absolute Gasteiger partial charge is 0.389 e. The van der Waals surface area contributed by atoms with Gasteiger partial charge in [-0.2, -0.15) is 0 Å². The van der Waals surface area contributed by atoms with Crippen molar-refractivity contribution in [3.05, 3.63) is 42.5 Å². The number of nitrogens with zero attached hydrogens (tertiary/aromatic N) is 2. The average molecular weight is 320 g/mol. The van der Waals surface area contributed by atoms with Crippen molar-refractivity contribution in [2.24, 2.45) is 5.73 Å². The third-order valence-electron chi connectivity index (χ3n) is 3.21. The summed E-state index contributed by atoms with van der Waals surface area (Å²) in [6.07, 6.45) is 9.86. The third kappa shape index (κ3) is 4.47. The van der Waals surface area contributed by atoms with E-state index in [4.69, 9.17) is 18.0 Å². The Morgan fingerprint density at radius 2 is 2.29 bits per heavy atom. The fourth-order valence-corrected chi connectivity index (χ4v) is 3.09. The minimum atomic E-state index is 0.445. The van der Waals surface area contributed by atoms with Crippen molar-refractivity contribution in [3.8, 4) is 0 Å². The zero-order chi connectivity index (χ0) is 15.1. The van der Waals surface area contributed by atoms with E-state index in [1.165, 1.54) is 0 Å². The molecule has 1 aromatic heterocycles. The van der Waals surface area contributed by atoms with Gasteiger partial charge in [0, 0.05) is 41.6 Å². The Morgan fingerprint density at radius 3 is 2.95 bits per heavy atom. The predicted octanol–water partition coefficient (Wildman–Crippen LogP) is 3.13. The van der Waals surface area contributed by atoms with E-state index in [9.17, 15) is 0 Å². The van der Waals surface area contributed by atoms with Crippen LogP contribution in [0.5, 0.6) is 0 Å². The first-order valence-corrected chi connectivity index (χ1v) is 8.52. The fraction of sp³-hybridized carbons (Fsp3) is 0.333. The summed E-state index contributed by atoms with van der Waals surface area (Å²) in [6.45, 7) is 1.90. The van der Waals surface area contributed by atoms with Gasteiger partial charge in [-0.25, -0.2) is 4.98 Å². The maximum Gasteiger partial charge on any atom is 0.107 e. The molecule has 0 bridgehead atoms. The lowest BCUT2D eigenvalue weighted by molar-refractivity contribution is 0.621. The predicted molar refractivity (Wildman–Crippen MR) is 94.1 cm³/mol. The summed E-state index contributed by atoms with van der Waals surface area (Å²) < 4.78 is 2.09. The van der Waals surface area contributed by atoms with Crippen LogP contribution in [0.2, 0.25) is 0 Å². The van der Waals surface area contributed by atoms with E-state index in [-0.39, 0.29) is 0 Å². The maximum absolute atomic E-state index is 5.85. The van der Waals surface area contributed by atoms with Crippen molar-refractivity contribution >= 4 is 34.7 Å². The first kappa shape index (κ1) is 15.9. The zero-order valence-corrected chi connectivity index (χ0v) is 13.7. The molecule has 0 aliphatic carbocycles. The summed E-state index contributed by atoms with van der Waals surface area (Å²) in [5.41, 5.74) is 7.83. The van der Waals surface area contributed by atoms with Gasteiger partial charge in [0.2, 0.25) is 0 Å². The number of hydrogen-bond donors (Lipinski definition) is 2. The number of nitrogens with one attached hydrogen (secondary N) is 1.